The summed E-state index contributed by atoms with van der Waals surface area (Å²) in [4.78, 5) is 21.6. The van der Waals surface area contributed by atoms with E-state index in [-0.39, 0.29) is 18.5 Å². The van der Waals surface area contributed by atoms with Crippen LogP contribution in [0, 0.1) is 0 Å². The highest BCUT2D eigenvalue weighted by molar-refractivity contribution is 5.67. The van der Waals surface area contributed by atoms with Gasteiger partial charge in [-0.05, 0) is 44.6 Å². The second-order valence-electron chi connectivity index (χ2n) is 6.16. The Morgan fingerprint density at radius 2 is 1.65 bits per heavy atom. The lowest BCUT2D eigenvalue weighted by Gasteiger charge is -2.11. The predicted octanol–water partition coefficient (Wildman–Crippen LogP) is 5.76. The van der Waals surface area contributed by atoms with E-state index in [1.165, 1.54) is 32.6 Å². The van der Waals surface area contributed by atoms with Crippen LogP contribution in [0.15, 0.2) is 48.6 Å². The Kier molecular flexibility index (Phi) is 16.3. The first-order valence-electron chi connectivity index (χ1n) is 9.58. The highest BCUT2D eigenvalue weighted by Gasteiger charge is 2.08. The van der Waals surface area contributed by atoms with Crippen LogP contribution in [0.3, 0.4) is 0 Å². The number of aliphatic carboxylic acids is 1. The van der Waals surface area contributed by atoms with E-state index < -0.39 is 5.97 Å². The molecule has 0 saturated carbocycles. The Morgan fingerprint density at radius 3 is 2.31 bits per heavy atom. The standard InChI is InChI=1S/C22H34O4/c1-3-4-5-6-7-8-9-10-11-12-13-14-15-17-21(26-20(2)23)18-16-19-22(24)25/h7-8,10-11,13-15,17,21H,3-6,9,12,16,18-19H2,1-2H3,(H,24,25)/b8-7-,11-10-,14-13-,17-15+. The average Bonchev–Trinajstić information content (AvgIpc) is 2.58. The number of hydrogen-bond acceptors (Lipinski definition) is 3. The lowest BCUT2D eigenvalue weighted by Crippen LogP contribution is -2.14. The molecular formula is C22H34O4. The molecular weight excluding hydrogens is 328 g/mol. The maximum atomic E-state index is 11.1. The van der Waals surface area contributed by atoms with Crippen LogP contribution in [0.1, 0.15) is 71.6 Å². The van der Waals surface area contributed by atoms with Gasteiger partial charge in [0.2, 0.25) is 0 Å². The number of carboxylic acids is 1. The van der Waals surface area contributed by atoms with Crippen molar-refractivity contribution in [1.29, 1.82) is 0 Å². The molecule has 1 atom stereocenters. The van der Waals surface area contributed by atoms with E-state index in [2.05, 4.69) is 31.2 Å². The Bertz CT molecular complexity index is 486. The Balaban J connectivity index is 3.99. The van der Waals surface area contributed by atoms with Gasteiger partial charge in [-0.2, -0.15) is 0 Å². The first-order valence-corrected chi connectivity index (χ1v) is 9.58. The number of carboxylic acid groups (broad SMARTS) is 1. The first kappa shape index (κ1) is 23.9. The lowest BCUT2D eigenvalue weighted by molar-refractivity contribution is -0.144. The van der Waals surface area contributed by atoms with Gasteiger partial charge in [-0.3, -0.25) is 9.59 Å². The van der Waals surface area contributed by atoms with E-state index >= 15 is 0 Å². The zero-order chi connectivity index (χ0) is 19.5. The summed E-state index contributed by atoms with van der Waals surface area (Å²) in [6.07, 6.45) is 23.8. The molecule has 4 nitrogen and oxygen atoms in total. The van der Waals surface area contributed by atoms with Crippen LogP contribution in [0.5, 0.6) is 0 Å². The molecule has 26 heavy (non-hydrogen) atoms. The van der Waals surface area contributed by atoms with E-state index in [1.54, 1.807) is 6.08 Å². The number of allylic oxidation sites excluding steroid dienone is 7. The number of carbonyl (C=O) groups is 2. The molecule has 0 aromatic carbocycles. The largest absolute Gasteiger partial charge is 0.481 e. The molecule has 0 spiro atoms. The smallest absolute Gasteiger partial charge is 0.303 e. The fourth-order valence-corrected chi connectivity index (χ4v) is 2.28. The molecule has 146 valence electrons. The van der Waals surface area contributed by atoms with Crippen molar-refractivity contribution in [3.05, 3.63) is 48.6 Å². The molecule has 0 aromatic heterocycles. The molecule has 0 aliphatic heterocycles. The minimum absolute atomic E-state index is 0.0826. The number of ether oxygens (including phenoxy) is 1. The fourth-order valence-electron chi connectivity index (χ4n) is 2.28. The van der Waals surface area contributed by atoms with E-state index in [0.717, 1.165) is 12.8 Å². The molecule has 0 amide bonds. The molecule has 0 radical (unpaired) electrons. The molecule has 4 heteroatoms. The summed E-state index contributed by atoms with van der Waals surface area (Å²) in [6.45, 7) is 3.57. The van der Waals surface area contributed by atoms with Gasteiger partial charge in [-0.1, -0.05) is 62.3 Å². The molecule has 0 heterocycles. The van der Waals surface area contributed by atoms with E-state index in [0.29, 0.717) is 12.8 Å². The Labute approximate surface area is 158 Å². The van der Waals surface area contributed by atoms with Gasteiger partial charge in [-0.15, -0.1) is 0 Å². The quantitative estimate of drug-likeness (QED) is 0.174. The van der Waals surface area contributed by atoms with Gasteiger partial charge in [-0.25, -0.2) is 0 Å². The van der Waals surface area contributed by atoms with Crippen molar-refractivity contribution < 1.29 is 19.4 Å². The molecule has 1 N–H and O–H groups in total. The molecule has 0 saturated heterocycles. The van der Waals surface area contributed by atoms with Crippen molar-refractivity contribution in [3.8, 4) is 0 Å². The van der Waals surface area contributed by atoms with Crippen molar-refractivity contribution in [2.45, 2.75) is 77.7 Å². The highest BCUT2D eigenvalue weighted by atomic mass is 16.5. The van der Waals surface area contributed by atoms with Crippen LogP contribution >= 0.6 is 0 Å². The van der Waals surface area contributed by atoms with Crippen LogP contribution in [-0.2, 0) is 14.3 Å². The SMILES string of the molecule is CCCCC/C=C\C/C=C\C/C=C\C=C\C(CCCC(=O)O)OC(C)=O. The molecule has 0 bridgehead atoms. The number of unbranched alkanes of at least 4 members (excludes halogenated alkanes) is 3. The van der Waals surface area contributed by atoms with Crippen molar-refractivity contribution in [2.75, 3.05) is 0 Å². The van der Waals surface area contributed by atoms with Crippen LogP contribution in [0.2, 0.25) is 0 Å². The van der Waals surface area contributed by atoms with Gasteiger partial charge in [0.15, 0.2) is 0 Å². The zero-order valence-corrected chi connectivity index (χ0v) is 16.2. The summed E-state index contributed by atoms with van der Waals surface area (Å²) < 4.78 is 5.17. The molecule has 0 fully saturated rings. The Hall–Kier alpha value is -2.10. The zero-order valence-electron chi connectivity index (χ0n) is 16.2. The highest BCUT2D eigenvalue weighted by Crippen LogP contribution is 2.08. The van der Waals surface area contributed by atoms with Crippen molar-refractivity contribution >= 4 is 11.9 Å². The van der Waals surface area contributed by atoms with Gasteiger partial charge < -0.3 is 9.84 Å². The summed E-state index contributed by atoms with van der Waals surface area (Å²) in [5.74, 6) is -1.19. The summed E-state index contributed by atoms with van der Waals surface area (Å²) in [7, 11) is 0. The van der Waals surface area contributed by atoms with Crippen LogP contribution in [0.4, 0.5) is 0 Å². The van der Waals surface area contributed by atoms with E-state index in [1.807, 2.05) is 18.2 Å². The number of hydrogen-bond donors (Lipinski definition) is 1. The number of rotatable bonds is 15. The summed E-state index contributed by atoms with van der Waals surface area (Å²) in [5.41, 5.74) is 0. The molecule has 0 rings (SSSR count). The summed E-state index contributed by atoms with van der Waals surface area (Å²) in [6, 6.07) is 0. The maximum absolute atomic E-state index is 11.1. The minimum atomic E-state index is -0.835. The fraction of sp³-hybridized carbons (Fsp3) is 0.545. The Morgan fingerprint density at radius 1 is 0.962 bits per heavy atom. The molecule has 0 aliphatic carbocycles. The lowest BCUT2D eigenvalue weighted by atomic mass is 10.1. The topological polar surface area (TPSA) is 63.6 Å². The molecule has 1 unspecified atom stereocenters. The van der Waals surface area contributed by atoms with E-state index in [9.17, 15) is 9.59 Å². The van der Waals surface area contributed by atoms with Crippen molar-refractivity contribution in [1.82, 2.24) is 0 Å². The third kappa shape index (κ3) is 18.2. The predicted molar refractivity (Wildman–Crippen MR) is 107 cm³/mol. The monoisotopic (exact) mass is 362 g/mol. The minimum Gasteiger partial charge on any atom is -0.481 e. The van der Waals surface area contributed by atoms with Gasteiger partial charge in [0.25, 0.3) is 0 Å². The average molecular weight is 363 g/mol. The van der Waals surface area contributed by atoms with Gasteiger partial charge in [0.05, 0.1) is 0 Å². The molecule has 0 aliphatic rings. The number of carbonyl (C=O) groups excluding carboxylic acids is 1. The van der Waals surface area contributed by atoms with Gasteiger partial charge in [0, 0.05) is 13.3 Å². The second kappa shape index (κ2) is 17.7. The van der Waals surface area contributed by atoms with Crippen LogP contribution in [0.25, 0.3) is 0 Å². The summed E-state index contributed by atoms with van der Waals surface area (Å²) >= 11 is 0. The first-order chi connectivity index (χ1) is 12.6. The van der Waals surface area contributed by atoms with Crippen LogP contribution in [-0.4, -0.2) is 23.1 Å². The van der Waals surface area contributed by atoms with E-state index in [4.69, 9.17) is 9.84 Å². The summed E-state index contributed by atoms with van der Waals surface area (Å²) in [5, 5.41) is 8.66. The maximum Gasteiger partial charge on any atom is 0.303 e. The normalized spacial score (nSPS) is 13.3. The molecule has 0 aromatic rings. The van der Waals surface area contributed by atoms with Crippen LogP contribution < -0.4 is 0 Å². The third-order valence-electron chi connectivity index (χ3n) is 3.62. The second-order valence-corrected chi connectivity index (χ2v) is 6.16. The van der Waals surface area contributed by atoms with Crippen molar-refractivity contribution in [2.24, 2.45) is 0 Å². The number of esters is 1. The van der Waals surface area contributed by atoms with Crippen molar-refractivity contribution in [3.63, 3.8) is 0 Å². The third-order valence-corrected chi connectivity index (χ3v) is 3.62. The van der Waals surface area contributed by atoms with Gasteiger partial charge >= 0.3 is 11.9 Å². The van der Waals surface area contributed by atoms with Gasteiger partial charge in [0.1, 0.15) is 6.10 Å².